The van der Waals surface area contributed by atoms with Crippen LogP contribution in [0.15, 0.2) is 12.2 Å². The van der Waals surface area contributed by atoms with Gasteiger partial charge in [-0.3, -0.25) is 0 Å². The fourth-order valence-corrected chi connectivity index (χ4v) is 2.83. The molecule has 4 heterocycles. The van der Waals surface area contributed by atoms with Crippen LogP contribution >= 0.6 is 0 Å². The molecule has 4 saturated heterocycles. The first-order valence-electron chi connectivity index (χ1n) is 8.40. The first kappa shape index (κ1) is 17.3. The van der Waals surface area contributed by atoms with Gasteiger partial charge in [0.1, 0.15) is 0 Å². The van der Waals surface area contributed by atoms with Gasteiger partial charge >= 0.3 is 0 Å². The van der Waals surface area contributed by atoms with Gasteiger partial charge in [0.25, 0.3) is 5.97 Å². The quantitative estimate of drug-likeness (QED) is 0.475. The Morgan fingerprint density at radius 2 is 1.43 bits per heavy atom. The maximum Gasteiger partial charge on any atom is 0.279 e. The lowest BCUT2D eigenvalue weighted by molar-refractivity contribution is -0.462. The van der Waals surface area contributed by atoms with Crippen LogP contribution in [-0.2, 0) is 28.4 Å². The molecule has 6 heteroatoms. The molecule has 4 aliphatic heterocycles. The molecule has 2 bridgehead atoms. The highest BCUT2D eigenvalue weighted by molar-refractivity contribution is 4.89. The summed E-state index contributed by atoms with van der Waals surface area (Å²) in [4.78, 5) is 0. The van der Waals surface area contributed by atoms with Crippen LogP contribution in [0.4, 0.5) is 0 Å². The van der Waals surface area contributed by atoms with Gasteiger partial charge in [-0.25, -0.2) is 0 Å². The van der Waals surface area contributed by atoms with Gasteiger partial charge in [0.2, 0.25) is 0 Å². The molecule has 4 aliphatic rings. The summed E-state index contributed by atoms with van der Waals surface area (Å²) in [6.07, 6.45) is 5.10. The van der Waals surface area contributed by atoms with E-state index in [0.29, 0.717) is 39.6 Å². The van der Waals surface area contributed by atoms with Crippen molar-refractivity contribution in [3.8, 4) is 0 Å². The van der Waals surface area contributed by atoms with Crippen LogP contribution < -0.4 is 0 Å². The van der Waals surface area contributed by atoms with Crippen molar-refractivity contribution in [3.63, 3.8) is 0 Å². The predicted molar refractivity (Wildman–Crippen MR) is 83.0 cm³/mol. The monoisotopic (exact) mass is 328 g/mol. The second-order valence-electron chi connectivity index (χ2n) is 7.08. The minimum atomic E-state index is -0.847. The molecule has 4 rings (SSSR count). The molecule has 0 aromatic heterocycles. The second kappa shape index (κ2) is 7.17. The van der Waals surface area contributed by atoms with Crippen molar-refractivity contribution < 1.29 is 28.4 Å². The largest absolute Gasteiger partial charge is 0.380 e. The maximum atomic E-state index is 5.72. The fourth-order valence-electron chi connectivity index (χ4n) is 2.83. The average Bonchev–Trinajstić information content (AvgIpc) is 2.54. The molecule has 0 amide bonds. The molecule has 0 saturated carbocycles. The molecule has 0 N–H and O–H groups in total. The maximum absolute atomic E-state index is 5.72. The summed E-state index contributed by atoms with van der Waals surface area (Å²) in [7, 11) is 0. The van der Waals surface area contributed by atoms with Gasteiger partial charge in [0, 0.05) is 12.3 Å². The van der Waals surface area contributed by atoms with Gasteiger partial charge in [0.05, 0.1) is 64.9 Å². The van der Waals surface area contributed by atoms with E-state index in [1.54, 1.807) is 6.92 Å². The molecule has 0 atom stereocenters. The van der Waals surface area contributed by atoms with Crippen molar-refractivity contribution >= 4 is 0 Å². The molecular weight excluding hydrogens is 300 g/mol. The highest BCUT2D eigenvalue weighted by Crippen LogP contribution is 2.38. The Balaban J connectivity index is 1.25. The van der Waals surface area contributed by atoms with Gasteiger partial charge in [-0.15, -0.1) is 0 Å². The molecular formula is C17H28O6. The SMILES string of the molecule is CCC1(COCC=CCOCC23COC(C)(OC2)OC3)COC1. The number of ether oxygens (including phenoxy) is 6. The minimum Gasteiger partial charge on any atom is -0.380 e. The van der Waals surface area contributed by atoms with Gasteiger partial charge in [-0.2, -0.15) is 0 Å². The van der Waals surface area contributed by atoms with E-state index in [9.17, 15) is 0 Å². The van der Waals surface area contributed by atoms with Crippen molar-refractivity contribution in [2.24, 2.45) is 10.8 Å². The summed E-state index contributed by atoms with van der Waals surface area (Å²) in [5, 5.41) is 0. The van der Waals surface area contributed by atoms with E-state index in [4.69, 9.17) is 28.4 Å². The van der Waals surface area contributed by atoms with Crippen LogP contribution in [-0.4, -0.2) is 65.4 Å². The third-order valence-electron chi connectivity index (χ3n) is 4.90. The predicted octanol–water partition coefficient (Wildman–Crippen LogP) is 1.74. The molecule has 0 aliphatic carbocycles. The molecule has 23 heavy (non-hydrogen) atoms. The van der Waals surface area contributed by atoms with Crippen molar-refractivity contribution in [1.29, 1.82) is 0 Å². The Morgan fingerprint density at radius 3 is 1.91 bits per heavy atom. The zero-order valence-corrected chi connectivity index (χ0v) is 14.2. The molecule has 0 radical (unpaired) electrons. The third kappa shape index (κ3) is 4.13. The van der Waals surface area contributed by atoms with Crippen LogP contribution in [0.3, 0.4) is 0 Å². The summed E-state index contributed by atoms with van der Waals surface area (Å²) in [5.74, 6) is -0.847. The Bertz CT molecular complexity index is 387. The summed E-state index contributed by atoms with van der Waals surface area (Å²) < 4.78 is 33.4. The van der Waals surface area contributed by atoms with Crippen molar-refractivity contribution in [2.45, 2.75) is 26.2 Å². The molecule has 6 nitrogen and oxygen atoms in total. The van der Waals surface area contributed by atoms with E-state index >= 15 is 0 Å². The standard InChI is InChI=1S/C17H28O6/c1-3-16(9-20-10-16)8-18-6-4-5-7-19-11-17-12-21-15(2,22-13-17)23-14-17/h4-5H,3,6-14H2,1-2H3. The Kier molecular flexibility index (Phi) is 5.40. The zero-order chi connectivity index (χ0) is 16.2. The summed E-state index contributed by atoms with van der Waals surface area (Å²) in [5.41, 5.74) is 0.0831. The van der Waals surface area contributed by atoms with Crippen LogP contribution in [0.2, 0.25) is 0 Å². The van der Waals surface area contributed by atoms with Gasteiger partial charge in [0.15, 0.2) is 0 Å². The lowest BCUT2D eigenvalue weighted by atomic mass is 9.84. The molecule has 0 spiro atoms. The first-order chi connectivity index (χ1) is 11.1. The van der Waals surface area contributed by atoms with Crippen LogP contribution in [0.5, 0.6) is 0 Å². The third-order valence-corrected chi connectivity index (χ3v) is 4.90. The van der Waals surface area contributed by atoms with Gasteiger partial charge in [-0.05, 0) is 6.42 Å². The lowest BCUT2D eigenvalue weighted by Crippen LogP contribution is -2.60. The Morgan fingerprint density at radius 1 is 0.870 bits per heavy atom. The second-order valence-corrected chi connectivity index (χ2v) is 7.08. The van der Waals surface area contributed by atoms with Gasteiger partial charge < -0.3 is 28.4 Å². The van der Waals surface area contributed by atoms with E-state index in [1.807, 2.05) is 12.2 Å². The van der Waals surface area contributed by atoms with E-state index in [-0.39, 0.29) is 10.8 Å². The molecule has 0 unspecified atom stereocenters. The summed E-state index contributed by atoms with van der Waals surface area (Å²) in [6, 6.07) is 0. The minimum absolute atomic E-state index is 0.167. The highest BCUT2D eigenvalue weighted by Gasteiger charge is 2.50. The van der Waals surface area contributed by atoms with E-state index in [2.05, 4.69) is 6.92 Å². The topological polar surface area (TPSA) is 55.4 Å². The van der Waals surface area contributed by atoms with Crippen LogP contribution in [0.1, 0.15) is 20.3 Å². The molecule has 0 aromatic rings. The molecule has 132 valence electrons. The summed E-state index contributed by atoms with van der Waals surface area (Å²) in [6.45, 7) is 10.0. The van der Waals surface area contributed by atoms with E-state index in [1.165, 1.54) is 0 Å². The molecule has 0 aromatic carbocycles. The van der Waals surface area contributed by atoms with Crippen molar-refractivity contribution in [3.05, 3.63) is 12.2 Å². The van der Waals surface area contributed by atoms with Crippen molar-refractivity contribution in [2.75, 3.05) is 59.5 Å². The Labute approximate surface area is 138 Å². The summed E-state index contributed by atoms with van der Waals surface area (Å²) >= 11 is 0. The van der Waals surface area contributed by atoms with Crippen molar-refractivity contribution in [1.82, 2.24) is 0 Å². The average molecular weight is 328 g/mol. The smallest absolute Gasteiger partial charge is 0.279 e. The van der Waals surface area contributed by atoms with Gasteiger partial charge in [-0.1, -0.05) is 19.1 Å². The van der Waals surface area contributed by atoms with Crippen LogP contribution in [0.25, 0.3) is 0 Å². The number of fused-ring (bicyclic) bond motifs is 3. The molecule has 4 fully saturated rings. The first-order valence-corrected chi connectivity index (χ1v) is 8.40. The fraction of sp³-hybridized carbons (Fsp3) is 0.882. The number of hydrogen-bond donors (Lipinski definition) is 0. The van der Waals surface area contributed by atoms with Crippen LogP contribution in [0, 0.1) is 10.8 Å². The Hall–Kier alpha value is -0.500. The zero-order valence-electron chi connectivity index (χ0n) is 14.2. The number of rotatable bonds is 9. The van der Waals surface area contributed by atoms with E-state index in [0.717, 1.165) is 26.2 Å². The number of hydrogen-bond acceptors (Lipinski definition) is 6. The lowest BCUT2D eigenvalue weighted by Gasteiger charge is -2.50. The normalized spacial score (nSPS) is 35.6. The van der Waals surface area contributed by atoms with E-state index < -0.39 is 5.97 Å². The highest BCUT2D eigenvalue weighted by atomic mass is 16.9.